The summed E-state index contributed by atoms with van der Waals surface area (Å²) in [5.41, 5.74) is 1.76. The summed E-state index contributed by atoms with van der Waals surface area (Å²) in [5.74, 6) is 1.21. The molecule has 0 amide bonds. The smallest absolute Gasteiger partial charge is 0.281 e. The Bertz CT molecular complexity index is 1060. The van der Waals surface area contributed by atoms with Gasteiger partial charge in [-0.1, -0.05) is 44.2 Å². The van der Waals surface area contributed by atoms with Crippen molar-refractivity contribution in [3.05, 3.63) is 52.6 Å². The lowest BCUT2D eigenvalue weighted by Crippen LogP contribution is -2.26. The van der Waals surface area contributed by atoms with Crippen molar-refractivity contribution in [2.24, 2.45) is 5.92 Å². The third-order valence-electron chi connectivity index (χ3n) is 5.33. The van der Waals surface area contributed by atoms with E-state index in [0.717, 1.165) is 12.0 Å². The summed E-state index contributed by atoms with van der Waals surface area (Å²) in [7, 11) is 0. The molecule has 136 valence electrons. The minimum absolute atomic E-state index is 0.165. The highest BCUT2D eigenvalue weighted by Gasteiger charge is 2.18. The molecule has 3 aromatic rings. The van der Waals surface area contributed by atoms with Gasteiger partial charge in [-0.3, -0.25) is 9.36 Å². The normalized spacial score (nSPS) is 14.9. The number of hydrogen-bond donors (Lipinski definition) is 0. The zero-order valence-electron chi connectivity index (χ0n) is 15.1. The Morgan fingerprint density at radius 3 is 2.78 bits per heavy atom. The zero-order valence-corrected chi connectivity index (χ0v) is 15.1. The molecule has 4 rings (SSSR count). The number of rotatable bonds is 4. The first-order valence-electron chi connectivity index (χ1n) is 9.48. The average Bonchev–Trinajstić information content (AvgIpc) is 2.74. The molecule has 1 saturated carbocycles. The van der Waals surface area contributed by atoms with E-state index in [1.807, 2.05) is 12.1 Å². The van der Waals surface area contributed by atoms with Gasteiger partial charge < -0.3 is 0 Å². The average molecular weight is 359 g/mol. The highest BCUT2D eigenvalue weighted by Crippen LogP contribution is 2.27. The predicted octanol–water partition coefficient (Wildman–Crippen LogP) is 3.70. The molecule has 27 heavy (non-hydrogen) atoms. The highest BCUT2D eigenvalue weighted by molar-refractivity contribution is 5.72. The van der Waals surface area contributed by atoms with Gasteiger partial charge in [0.1, 0.15) is 5.82 Å². The quantitative estimate of drug-likeness (QED) is 0.709. The van der Waals surface area contributed by atoms with Gasteiger partial charge in [-0.05, 0) is 24.5 Å². The molecule has 0 bridgehead atoms. The van der Waals surface area contributed by atoms with E-state index in [-0.39, 0.29) is 5.56 Å². The van der Waals surface area contributed by atoms with Crippen LogP contribution in [0.1, 0.15) is 44.1 Å². The third-order valence-corrected chi connectivity index (χ3v) is 5.33. The van der Waals surface area contributed by atoms with Gasteiger partial charge in [0.2, 0.25) is 0 Å². The SMILES string of the molecule is N#Cc1cccc(-c2nc3nccnc3c(=O)n2CCC2CCCCC2)c1. The van der Waals surface area contributed by atoms with Crippen molar-refractivity contribution in [3.8, 4) is 17.5 Å². The molecule has 2 heterocycles. The summed E-state index contributed by atoms with van der Waals surface area (Å²) in [5, 5.41) is 9.22. The molecule has 6 heteroatoms. The van der Waals surface area contributed by atoms with Gasteiger partial charge in [0.15, 0.2) is 11.2 Å². The summed E-state index contributed by atoms with van der Waals surface area (Å²) in [6.45, 7) is 0.606. The number of nitriles is 1. The fourth-order valence-electron chi connectivity index (χ4n) is 3.89. The van der Waals surface area contributed by atoms with Crippen LogP contribution >= 0.6 is 0 Å². The molecular weight excluding hydrogens is 338 g/mol. The number of aromatic nitrogens is 4. The molecule has 6 nitrogen and oxygen atoms in total. The van der Waals surface area contributed by atoms with Crippen LogP contribution in [0.2, 0.25) is 0 Å². The molecule has 0 unspecified atom stereocenters. The third kappa shape index (κ3) is 3.59. The van der Waals surface area contributed by atoms with Crippen LogP contribution in [0.5, 0.6) is 0 Å². The maximum Gasteiger partial charge on any atom is 0.281 e. The molecule has 0 radical (unpaired) electrons. The van der Waals surface area contributed by atoms with E-state index in [1.54, 1.807) is 16.7 Å². The molecule has 0 aliphatic heterocycles. The Morgan fingerprint density at radius 1 is 1.15 bits per heavy atom. The fraction of sp³-hybridized carbons (Fsp3) is 0.381. The first-order chi connectivity index (χ1) is 13.3. The standard InChI is InChI=1S/C21H21N5O/c22-14-16-7-4-8-17(13-16)20-25-19-18(23-10-11-24-19)21(27)26(20)12-9-15-5-2-1-3-6-15/h4,7-8,10-11,13,15H,1-3,5-6,9,12H2. The van der Waals surface area contributed by atoms with Crippen molar-refractivity contribution in [2.45, 2.75) is 45.1 Å². The van der Waals surface area contributed by atoms with Gasteiger partial charge in [0, 0.05) is 24.5 Å². The summed E-state index contributed by atoms with van der Waals surface area (Å²) >= 11 is 0. The maximum atomic E-state index is 13.1. The Kier molecular flexibility index (Phi) is 4.93. The van der Waals surface area contributed by atoms with Gasteiger partial charge in [-0.2, -0.15) is 5.26 Å². The molecule has 0 atom stereocenters. The fourth-order valence-corrected chi connectivity index (χ4v) is 3.89. The first-order valence-corrected chi connectivity index (χ1v) is 9.48. The topological polar surface area (TPSA) is 84.5 Å². The van der Waals surface area contributed by atoms with Gasteiger partial charge in [0.25, 0.3) is 5.56 Å². The lowest BCUT2D eigenvalue weighted by Gasteiger charge is -2.22. The largest absolute Gasteiger partial charge is 0.291 e. The first kappa shape index (κ1) is 17.3. The van der Waals surface area contributed by atoms with Crippen LogP contribution in [0.15, 0.2) is 41.5 Å². The molecule has 1 aromatic carbocycles. The zero-order chi connectivity index (χ0) is 18.6. The monoisotopic (exact) mass is 359 g/mol. The van der Waals surface area contributed by atoms with Crippen molar-refractivity contribution < 1.29 is 0 Å². The predicted molar refractivity (Wildman–Crippen MR) is 103 cm³/mol. The van der Waals surface area contributed by atoms with Crippen LogP contribution in [0.25, 0.3) is 22.6 Å². The van der Waals surface area contributed by atoms with E-state index in [9.17, 15) is 10.1 Å². The van der Waals surface area contributed by atoms with Crippen LogP contribution in [-0.2, 0) is 6.54 Å². The molecule has 1 fully saturated rings. The number of nitrogens with zero attached hydrogens (tertiary/aromatic N) is 5. The van der Waals surface area contributed by atoms with Crippen LogP contribution in [0.3, 0.4) is 0 Å². The second-order valence-electron chi connectivity index (χ2n) is 7.11. The Labute approximate surface area is 157 Å². The van der Waals surface area contributed by atoms with Crippen molar-refractivity contribution in [2.75, 3.05) is 0 Å². The van der Waals surface area contributed by atoms with E-state index in [1.165, 1.54) is 44.5 Å². The van der Waals surface area contributed by atoms with Crippen molar-refractivity contribution in [1.82, 2.24) is 19.5 Å². The summed E-state index contributed by atoms with van der Waals surface area (Å²) in [6, 6.07) is 9.35. The van der Waals surface area contributed by atoms with Crippen LogP contribution in [-0.4, -0.2) is 19.5 Å². The number of fused-ring (bicyclic) bond motifs is 1. The van der Waals surface area contributed by atoms with Gasteiger partial charge in [0.05, 0.1) is 11.6 Å². The van der Waals surface area contributed by atoms with Crippen molar-refractivity contribution in [1.29, 1.82) is 5.26 Å². The Balaban J connectivity index is 1.80. The minimum Gasteiger partial charge on any atom is -0.291 e. The van der Waals surface area contributed by atoms with Crippen molar-refractivity contribution >= 4 is 11.2 Å². The number of hydrogen-bond acceptors (Lipinski definition) is 5. The summed E-state index contributed by atoms with van der Waals surface area (Å²) in [6.07, 6.45) is 10.3. The van der Waals surface area contributed by atoms with E-state index < -0.39 is 0 Å². The Morgan fingerprint density at radius 2 is 1.96 bits per heavy atom. The lowest BCUT2D eigenvalue weighted by molar-refractivity contribution is 0.323. The molecular formula is C21H21N5O. The van der Waals surface area contributed by atoms with Gasteiger partial charge in [-0.15, -0.1) is 0 Å². The summed E-state index contributed by atoms with van der Waals surface area (Å²) < 4.78 is 1.71. The van der Waals surface area contributed by atoms with Gasteiger partial charge in [-0.25, -0.2) is 15.0 Å². The van der Waals surface area contributed by atoms with Crippen molar-refractivity contribution in [3.63, 3.8) is 0 Å². The molecule has 1 aliphatic rings. The maximum absolute atomic E-state index is 13.1. The minimum atomic E-state index is -0.165. The lowest BCUT2D eigenvalue weighted by atomic mass is 9.87. The van der Waals surface area contributed by atoms with Gasteiger partial charge >= 0.3 is 0 Å². The molecule has 2 aromatic heterocycles. The molecule has 1 aliphatic carbocycles. The molecule has 0 spiro atoms. The highest BCUT2D eigenvalue weighted by atomic mass is 16.1. The Hall–Kier alpha value is -3.07. The molecule has 0 N–H and O–H groups in total. The van der Waals surface area contributed by atoms with Crippen LogP contribution < -0.4 is 5.56 Å². The molecule has 0 saturated heterocycles. The summed E-state index contributed by atoms with van der Waals surface area (Å²) in [4.78, 5) is 26.1. The van der Waals surface area contributed by atoms with Crippen LogP contribution in [0.4, 0.5) is 0 Å². The van der Waals surface area contributed by atoms with E-state index >= 15 is 0 Å². The van der Waals surface area contributed by atoms with E-state index in [4.69, 9.17) is 0 Å². The van der Waals surface area contributed by atoms with E-state index in [0.29, 0.717) is 35.0 Å². The number of benzene rings is 1. The van der Waals surface area contributed by atoms with Crippen LogP contribution in [0, 0.1) is 17.2 Å². The van der Waals surface area contributed by atoms with E-state index in [2.05, 4.69) is 21.0 Å². The second-order valence-corrected chi connectivity index (χ2v) is 7.11. The second kappa shape index (κ2) is 7.67.